The van der Waals surface area contributed by atoms with E-state index in [0.29, 0.717) is 12.6 Å². The van der Waals surface area contributed by atoms with E-state index in [2.05, 4.69) is 10.2 Å². The van der Waals surface area contributed by atoms with Crippen molar-refractivity contribution in [2.24, 2.45) is 0 Å². The number of benzene rings is 1. The Labute approximate surface area is 125 Å². The molecule has 2 saturated heterocycles. The first kappa shape index (κ1) is 14.4. The molecule has 114 valence electrons. The molecule has 5 heteroatoms. The van der Waals surface area contributed by atoms with Gasteiger partial charge in [-0.05, 0) is 18.5 Å². The number of nitrogens with zero attached hydrogens (tertiary/aromatic N) is 2. The van der Waals surface area contributed by atoms with Gasteiger partial charge in [-0.25, -0.2) is 4.79 Å². The van der Waals surface area contributed by atoms with Gasteiger partial charge in [-0.1, -0.05) is 30.3 Å². The maximum Gasteiger partial charge on any atom is 0.410 e. The van der Waals surface area contributed by atoms with E-state index in [4.69, 9.17) is 4.74 Å². The van der Waals surface area contributed by atoms with E-state index < -0.39 is 0 Å². The average Bonchev–Trinajstić information content (AvgIpc) is 3.08. The number of rotatable bonds is 3. The first-order valence-electron chi connectivity index (χ1n) is 7.73. The monoisotopic (exact) mass is 289 g/mol. The Morgan fingerprint density at radius 3 is 2.62 bits per heavy atom. The van der Waals surface area contributed by atoms with Gasteiger partial charge in [0.1, 0.15) is 6.61 Å². The Hall–Kier alpha value is -1.59. The van der Waals surface area contributed by atoms with Crippen molar-refractivity contribution in [3.05, 3.63) is 35.9 Å². The summed E-state index contributed by atoms with van der Waals surface area (Å²) in [6, 6.07) is 10.5. The molecule has 2 aliphatic rings. The first-order valence-corrected chi connectivity index (χ1v) is 7.73. The molecule has 0 bridgehead atoms. The Morgan fingerprint density at radius 2 is 1.95 bits per heavy atom. The summed E-state index contributed by atoms with van der Waals surface area (Å²) >= 11 is 0. The molecule has 0 radical (unpaired) electrons. The zero-order chi connectivity index (χ0) is 14.5. The van der Waals surface area contributed by atoms with Crippen molar-refractivity contribution in [2.75, 3.05) is 39.3 Å². The van der Waals surface area contributed by atoms with Crippen LogP contribution in [0.15, 0.2) is 30.3 Å². The summed E-state index contributed by atoms with van der Waals surface area (Å²) in [6.45, 7) is 5.99. The molecule has 5 nitrogen and oxygen atoms in total. The molecule has 1 N–H and O–H groups in total. The SMILES string of the molecule is O=C(OCc1ccccc1)N1CCN(C2CCNC2)CC1. The Morgan fingerprint density at radius 1 is 1.19 bits per heavy atom. The third kappa shape index (κ3) is 3.74. The number of amides is 1. The maximum absolute atomic E-state index is 12.1. The minimum Gasteiger partial charge on any atom is -0.445 e. The van der Waals surface area contributed by atoms with E-state index in [1.54, 1.807) is 0 Å². The van der Waals surface area contributed by atoms with Gasteiger partial charge in [0.15, 0.2) is 0 Å². The summed E-state index contributed by atoms with van der Waals surface area (Å²) in [5, 5.41) is 3.40. The molecular formula is C16H23N3O2. The zero-order valence-electron chi connectivity index (χ0n) is 12.3. The molecule has 1 aromatic carbocycles. The standard InChI is InChI=1S/C16H23N3O2/c20-16(21-13-14-4-2-1-3-5-14)19-10-8-18(9-11-19)15-6-7-17-12-15/h1-5,15,17H,6-13H2. The molecule has 0 spiro atoms. The highest BCUT2D eigenvalue weighted by molar-refractivity contribution is 5.67. The maximum atomic E-state index is 12.1. The normalized spacial score (nSPS) is 23.2. The summed E-state index contributed by atoms with van der Waals surface area (Å²) in [5.74, 6) is 0. The highest BCUT2D eigenvalue weighted by atomic mass is 16.6. The number of piperazine rings is 1. The van der Waals surface area contributed by atoms with E-state index in [1.807, 2.05) is 35.2 Å². The van der Waals surface area contributed by atoms with Crippen LogP contribution in [0.5, 0.6) is 0 Å². The van der Waals surface area contributed by atoms with Crippen LogP contribution >= 0.6 is 0 Å². The van der Waals surface area contributed by atoms with Gasteiger partial charge in [-0.3, -0.25) is 4.90 Å². The first-order chi connectivity index (χ1) is 10.3. The van der Waals surface area contributed by atoms with Gasteiger partial charge in [0.05, 0.1) is 0 Å². The summed E-state index contributed by atoms with van der Waals surface area (Å²) in [6.07, 6.45) is 1.03. The fourth-order valence-corrected chi connectivity index (χ4v) is 3.03. The quantitative estimate of drug-likeness (QED) is 0.911. The molecule has 2 fully saturated rings. The third-order valence-corrected chi connectivity index (χ3v) is 4.33. The lowest BCUT2D eigenvalue weighted by Crippen LogP contribution is -2.52. The van der Waals surface area contributed by atoms with Crippen LogP contribution in [0.2, 0.25) is 0 Å². The summed E-state index contributed by atoms with van der Waals surface area (Å²) in [7, 11) is 0. The van der Waals surface area contributed by atoms with Gasteiger partial charge >= 0.3 is 6.09 Å². The topological polar surface area (TPSA) is 44.8 Å². The van der Waals surface area contributed by atoms with Crippen LogP contribution in [0.3, 0.4) is 0 Å². The molecule has 1 unspecified atom stereocenters. The molecular weight excluding hydrogens is 266 g/mol. The van der Waals surface area contributed by atoms with Gasteiger partial charge in [0.25, 0.3) is 0 Å². The van der Waals surface area contributed by atoms with E-state index in [-0.39, 0.29) is 6.09 Å². The smallest absolute Gasteiger partial charge is 0.410 e. The third-order valence-electron chi connectivity index (χ3n) is 4.33. The van der Waals surface area contributed by atoms with E-state index in [0.717, 1.165) is 44.8 Å². The van der Waals surface area contributed by atoms with Crippen LogP contribution in [0, 0.1) is 0 Å². The van der Waals surface area contributed by atoms with Crippen LogP contribution in [-0.2, 0) is 11.3 Å². The van der Waals surface area contributed by atoms with Gasteiger partial charge in [-0.15, -0.1) is 0 Å². The number of carbonyl (C=O) groups is 1. The molecule has 0 aromatic heterocycles. The molecule has 1 aromatic rings. The summed E-state index contributed by atoms with van der Waals surface area (Å²) < 4.78 is 5.38. The van der Waals surface area contributed by atoms with Crippen molar-refractivity contribution in [3.63, 3.8) is 0 Å². The lowest BCUT2D eigenvalue weighted by molar-refractivity contribution is 0.0622. The highest BCUT2D eigenvalue weighted by Gasteiger charge is 2.28. The van der Waals surface area contributed by atoms with Crippen molar-refractivity contribution in [3.8, 4) is 0 Å². The Kier molecular flexibility index (Phi) is 4.72. The van der Waals surface area contributed by atoms with Crippen molar-refractivity contribution in [1.29, 1.82) is 0 Å². The van der Waals surface area contributed by atoms with Crippen molar-refractivity contribution in [2.45, 2.75) is 19.1 Å². The number of carbonyl (C=O) groups excluding carboxylic acids is 1. The van der Waals surface area contributed by atoms with E-state index in [1.165, 1.54) is 6.42 Å². The molecule has 1 atom stereocenters. The average molecular weight is 289 g/mol. The highest BCUT2D eigenvalue weighted by Crippen LogP contribution is 2.13. The lowest BCUT2D eigenvalue weighted by Gasteiger charge is -2.37. The van der Waals surface area contributed by atoms with Crippen LogP contribution in [0.25, 0.3) is 0 Å². The molecule has 0 aliphatic carbocycles. The fraction of sp³-hybridized carbons (Fsp3) is 0.562. The molecule has 21 heavy (non-hydrogen) atoms. The lowest BCUT2D eigenvalue weighted by atomic mass is 10.2. The number of hydrogen-bond acceptors (Lipinski definition) is 4. The number of hydrogen-bond donors (Lipinski definition) is 1. The number of ether oxygens (including phenoxy) is 1. The van der Waals surface area contributed by atoms with Gasteiger partial charge in [-0.2, -0.15) is 0 Å². The summed E-state index contributed by atoms with van der Waals surface area (Å²) in [4.78, 5) is 16.4. The Balaban J connectivity index is 1.42. The predicted octanol–water partition coefficient (Wildman–Crippen LogP) is 1.30. The molecule has 2 aliphatic heterocycles. The Bertz CT molecular complexity index is 452. The second-order valence-electron chi connectivity index (χ2n) is 5.71. The van der Waals surface area contributed by atoms with E-state index >= 15 is 0 Å². The van der Waals surface area contributed by atoms with E-state index in [9.17, 15) is 4.79 Å². The van der Waals surface area contributed by atoms with Crippen molar-refractivity contribution in [1.82, 2.24) is 15.1 Å². The summed E-state index contributed by atoms with van der Waals surface area (Å²) in [5.41, 5.74) is 1.03. The van der Waals surface area contributed by atoms with Gasteiger partial charge in [0.2, 0.25) is 0 Å². The van der Waals surface area contributed by atoms with Crippen LogP contribution in [0.1, 0.15) is 12.0 Å². The van der Waals surface area contributed by atoms with Crippen LogP contribution < -0.4 is 5.32 Å². The van der Waals surface area contributed by atoms with Crippen LogP contribution in [0.4, 0.5) is 4.79 Å². The molecule has 2 heterocycles. The minimum atomic E-state index is -0.192. The predicted molar refractivity (Wildman–Crippen MR) is 81.0 cm³/mol. The van der Waals surface area contributed by atoms with Crippen LogP contribution in [-0.4, -0.2) is 61.2 Å². The molecule has 0 saturated carbocycles. The minimum absolute atomic E-state index is 0.192. The zero-order valence-corrected chi connectivity index (χ0v) is 12.3. The van der Waals surface area contributed by atoms with Crippen molar-refractivity contribution < 1.29 is 9.53 Å². The molecule has 3 rings (SSSR count). The second-order valence-corrected chi connectivity index (χ2v) is 5.71. The van der Waals surface area contributed by atoms with Gasteiger partial charge < -0.3 is 15.0 Å². The molecule has 1 amide bonds. The van der Waals surface area contributed by atoms with Gasteiger partial charge in [0, 0.05) is 38.8 Å². The number of nitrogens with one attached hydrogen (secondary N) is 1. The second kappa shape index (κ2) is 6.91. The van der Waals surface area contributed by atoms with Crippen molar-refractivity contribution >= 4 is 6.09 Å². The fourth-order valence-electron chi connectivity index (χ4n) is 3.03. The largest absolute Gasteiger partial charge is 0.445 e.